The van der Waals surface area contributed by atoms with E-state index in [-0.39, 0.29) is 43.6 Å². The minimum atomic E-state index is -0.608. The van der Waals surface area contributed by atoms with Crippen LogP contribution in [0.5, 0.6) is 0 Å². The SMILES string of the molecule is O=C(CCN1C(=O)C2CCCCC2N(CC(=O)Nc2ccc(Br)cc2F)C1=O)NCc1ccco1. The maximum atomic E-state index is 14.2. The molecule has 11 heteroatoms. The summed E-state index contributed by atoms with van der Waals surface area (Å²) in [6.45, 7) is -0.203. The zero-order chi connectivity index (χ0) is 24.9. The number of fused-ring (bicyclic) bond motifs is 1. The Morgan fingerprint density at radius 2 is 1.94 bits per heavy atom. The second kappa shape index (κ2) is 11.0. The van der Waals surface area contributed by atoms with Gasteiger partial charge in [-0.15, -0.1) is 0 Å². The standard InChI is InChI=1S/C24H26BrFN4O5/c25-15-7-8-19(18(26)12-15)28-22(32)14-30-20-6-2-1-5-17(20)23(33)29(24(30)34)10-9-21(31)27-13-16-4-3-11-35-16/h3-4,7-8,11-12,17,20H,1-2,5-6,9-10,13-14H2,(H,27,31)(H,28,32). The van der Waals surface area contributed by atoms with E-state index in [2.05, 4.69) is 26.6 Å². The molecule has 1 aromatic heterocycles. The number of hydrogen-bond acceptors (Lipinski definition) is 5. The third-order valence-electron chi connectivity index (χ3n) is 6.31. The summed E-state index contributed by atoms with van der Waals surface area (Å²) in [5.41, 5.74) is 0.00372. The van der Waals surface area contributed by atoms with Gasteiger partial charge in [-0.2, -0.15) is 0 Å². The number of benzene rings is 1. The first-order valence-corrected chi connectivity index (χ1v) is 12.3. The van der Waals surface area contributed by atoms with E-state index < -0.39 is 29.7 Å². The van der Waals surface area contributed by atoms with Crippen LogP contribution in [0.3, 0.4) is 0 Å². The van der Waals surface area contributed by atoms with E-state index in [1.807, 2.05) is 0 Å². The van der Waals surface area contributed by atoms with Crippen LogP contribution in [0.2, 0.25) is 0 Å². The van der Waals surface area contributed by atoms with Crippen molar-refractivity contribution in [3.63, 3.8) is 0 Å². The molecule has 1 aromatic carbocycles. The van der Waals surface area contributed by atoms with Gasteiger partial charge in [-0.05, 0) is 43.2 Å². The summed E-state index contributed by atoms with van der Waals surface area (Å²) in [6.07, 6.45) is 4.35. The largest absolute Gasteiger partial charge is 0.467 e. The van der Waals surface area contributed by atoms with E-state index in [1.165, 1.54) is 23.3 Å². The van der Waals surface area contributed by atoms with Crippen molar-refractivity contribution in [2.24, 2.45) is 5.92 Å². The number of nitrogens with zero attached hydrogens (tertiary/aromatic N) is 2. The van der Waals surface area contributed by atoms with Crippen molar-refractivity contribution >= 4 is 45.4 Å². The molecule has 9 nitrogen and oxygen atoms in total. The van der Waals surface area contributed by atoms with Crippen LogP contribution in [0.25, 0.3) is 0 Å². The van der Waals surface area contributed by atoms with Gasteiger partial charge in [0, 0.05) is 23.5 Å². The van der Waals surface area contributed by atoms with Gasteiger partial charge in [-0.1, -0.05) is 28.8 Å². The van der Waals surface area contributed by atoms with Gasteiger partial charge in [0.2, 0.25) is 17.7 Å². The highest BCUT2D eigenvalue weighted by Gasteiger charge is 2.47. The van der Waals surface area contributed by atoms with Gasteiger partial charge >= 0.3 is 6.03 Å². The van der Waals surface area contributed by atoms with Crippen molar-refractivity contribution in [1.29, 1.82) is 0 Å². The number of furan rings is 1. The predicted octanol–water partition coefficient (Wildman–Crippen LogP) is 3.65. The highest BCUT2D eigenvalue weighted by atomic mass is 79.9. The molecule has 2 N–H and O–H groups in total. The molecular formula is C24H26BrFN4O5. The van der Waals surface area contributed by atoms with Gasteiger partial charge < -0.3 is 20.0 Å². The summed E-state index contributed by atoms with van der Waals surface area (Å²) in [5.74, 6) is -1.64. The summed E-state index contributed by atoms with van der Waals surface area (Å²) < 4.78 is 19.9. The fraction of sp³-hybridized carbons (Fsp3) is 0.417. The van der Waals surface area contributed by atoms with Gasteiger partial charge in [-0.25, -0.2) is 9.18 Å². The molecule has 2 fully saturated rings. The third-order valence-corrected chi connectivity index (χ3v) is 6.80. The molecule has 1 aliphatic heterocycles. The van der Waals surface area contributed by atoms with Gasteiger partial charge in [0.1, 0.15) is 18.1 Å². The minimum absolute atomic E-state index is 0.00372. The number of anilines is 1. The average Bonchev–Trinajstić information content (AvgIpc) is 3.36. The first-order chi connectivity index (χ1) is 16.8. The van der Waals surface area contributed by atoms with Crippen molar-refractivity contribution in [2.75, 3.05) is 18.4 Å². The Morgan fingerprint density at radius 3 is 2.69 bits per heavy atom. The summed E-state index contributed by atoms with van der Waals surface area (Å²) in [5, 5.41) is 5.19. The lowest BCUT2D eigenvalue weighted by Crippen LogP contribution is -2.63. The lowest BCUT2D eigenvalue weighted by Gasteiger charge is -2.46. The number of carbonyl (C=O) groups excluding carboxylic acids is 4. The molecule has 1 aliphatic carbocycles. The average molecular weight is 549 g/mol. The molecule has 2 atom stereocenters. The summed E-state index contributed by atoms with van der Waals surface area (Å²) >= 11 is 3.17. The monoisotopic (exact) mass is 548 g/mol. The van der Waals surface area contributed by atoms with Crippen LogP contribution in [0, 0.1) is 11.7 Å². The Balaban J connectivity index is 1.41. The summed E-state index contributed by atoms with van der Waals surface area (Å²) in [4.78, 5) is 53.8. The minimum Gasteiger partial charge on any atom is -0.467 e. The van der Waals surface area contributed by atoms with E-state index in [0.29, 0.717) is 23.1 Å². The quantitative estimate of drug-likeness (QED) is 0.522. The molecule has 0 radical (unpaired) electrons. The number of imide groups is 1. The molecule has 4 rings (SSSR count). The maximum Gasteiger partial charge on any atom is 0.327 e. The lowest BCUT2D eigenvalue weighted by atomic mass is 9.81. The van der Waals surface area contributed by atoms with E-state index >= 15 is 0 Å². The maximum absolute atomic E-state index is 14.2. The molecule has 0 bridgehead atoms. The first-order valence-electron chi connectivity index (χ1n) is 11.5. The molecular weight excluding hydrogens is 523 g/mol. The van der Waals surface area contributed by atoms with Crippen LogP contribution >= 0.6 is 15.9 Å². The van der Waals surface area contributed by atoms with Crippen LogP contribution in [-0.2, 0) is 20.9 Å². The van der Waals surface area contributed by atoms with Crippen LogP contribution in [0.1, 0.15) is 37.9 Å². The Hall–Kier alpha value is -3.21. The van der Waals surface area contributed by atoms with E-state index in [9.17, 15) is 23.6 Å². The van der Waals surface area contributed by atoms with E-state index in [1.54, 1.807) is 18.2 Å². The number of hydrogen-bond donors (Lipinski definition) is 2. The second-order valence-electron chi connectivity index (χ2n) is 8.64. The molecule has 5 amide bonds. The highest BCUT2D eigenvalue weighted by molar-refractivity contribution is 9.10. The van der Waals surface area contributed by atoms with E-state index in [0.717, 1.165) is 17.7 Å². The number of urea groups is 1. The van der Waals surface area contributed by atoms with Crippen LogP contribution in [0.4, 0.5) is 14.9 Å². The Morgan fingerprint density at radius 1 is 1.14 bits per heavy atom. The van der Waals surface area contributed by atoms with Crippen LogP contribution in [-0.4, -0.2) is 52.7 Å². The lowest BCUT2D eigenvalue weighted by molar-refractivity contribution is -0.142. The molecule has 35 heavy (non-hydrogen) atoms. The van der Waals surface area contributed by atoms with Crippen LogP contribution in [0.15, 0.2) is 45.5 Å². The molecule has 2 aromatic rings. The van der Waals surface area contributed by atoms with Gasteiger partial charge in [-0.3, -0.25) is 19.3 Å². The van der Waals surface area contributed by atoms with Crippen LogP contribution < -0.4 is 10.6 Å². The number of halogens is 2. The zero-order valence-corrected chi connectivity index (χ0v) is 20.6. The molecule has 0 spiro atoms. The Kier molecular flexibility index (Phi) is 7.84. The Bertz CT molecular complexity index is 1110. The van der Waals surface area contributed by atoms with Crippen molar-refractivity contribution in [1.82, 2.24) is 15.1 Å². The van der Waals surface area contributed by atoms with Gasteiger partial charge in [0.05, 0.1) is 24.4 Å². The molecule has 1 saturated carbocycles. The molecule has 1 saturated heterocycles. The van der Waals surface area contributed by atoms with E-state index in [4.69, 9.17) is 4.42 Å². The number of carbonyl (C=O) groups is 4. The fourth-order valence-corrected chi connectivity index (χ4v) is 4.92. The molecule has 186 valence electrons. The molecule has 2 heterocycles. The topological polar surface area (TPSA) is 112 Å². The van der Waals surface area contributed by atoms with Gasteiger partial charge in [0.15, 0.2) is 0 Å². The summed E-state index contributed by atoms with van der Waals surface area (Å²) in [7, 11) is 0. The smallest absolute Gasteiger partial charge is 0.327 e. The summed E-state index contributed by atoms with van der Waals surface area (Å²) in [6, 6.07) is 6.69. The zero-order valence-electron chi connectivity index (χ0n) is 19.0. The van der Waals surface area contributed by atoms with Crippen molar-refractivity contribution in [3.05, 3.63) is 52.6 Å². The van der Waals surface area contributed by atoms with Crippen molar-refractivity contribution < 1.29 is 28.0 Å². The normalized spacial score (nSPS) is 19.9. The predicted molar refractivity (Wildman–Crippen MR) is 127 cm³/mol. The van der Waals surface area contributed by atoms with Crippen molar-refractivity contribution in [3.8, 4) is 0 Å². The first kappa shape index (κ1) is 24.9. The second-order valence-corrected chi connectivity index (χ2v) is 9.55. The van der Waals surface area contributed by atoms with Gasteiger partial charge in [0.25, 0.3) is 0 Å². The highest BCUT2D eigenvalue weighted by Crippen LogP contribution is 2.34. The van der Waals surface area contributed by atoms with Crippen molar-refractivity contribution in [2.45, 2.75) is 44.7 Å². The number of amides is 5. The molecule has 2 unspecified atom stereocenters. The fourth-order valence-electron chi connectivity index (χ4n) is 4.59. The Labute approximate surface area is 210 Å². The molecule has 2 aliphatic rings. The number of rotatable bonds is 8. The number of nitrogens with one attached hydrogen (secondary N) is 2. The third kappa shape index (κ3) is 5.90.